The molecule has 0 saturated carbocycles. The maximum atomic E-state index is 13.5. The summed E-state index contributed by atoms with van der Waals surface area (Å²) in [5.41, 5.74) is 1.88. The number of hydrogen-bond donors (Lipinski definition) is 0. The lowest BCUT2D eigenvalue weighted by Gasteiger charge is -2.48. The normalized spacial score (nSPS) is 20.1. The van der Waals surface area contributed by atoms with Crippen molar-refractivity contribution in [1.82, 2.24) is 14.8 Å². The molecule has 1 aromatic heterocycles. The highest BCUT2D eigenvalue weighted by molar-refractivity contribution is 6.01. The van der Waals surface area contributed by atoms with Crippen molar-refractivity contribution in [3.05, 3.63) is 65.5 Å². The fourth-order valence-electron chi connectivity index (χ4n) is 4.46. The van der Waals surface area contributed by atoms with E-state index in [1.54, 1.807) is 6.20 Å². The molecule has 0 radical (unpaired) electrons. The van der Waals surface area contributed by atoms with Gasteiger partial charge in [0.2, 0.25) is 5.78 Å². The lowest BCUT2D eigenvalue weighted by atomic mass is 9.81. The molecule has 1 aromatic carbocycles. The summed E-state index contributed by atoms with van der Waals surface area (Å²) in [5.74, 6) is 0.122. The van der Waals surface area contributed by atoms with Crippen molar-refractivity contribution in [3.8, 4) is 6.07 Å². The Morgan fingerprint density at radius 2 is 1.90 bits per heavy atom. The molecule has 29 heavy (non-hydrogen) atoms. The number of carbonyl (C=O) groups excluding carboxylic acids is 1. The zero-order chi connectivity index (χ0) is 20.1. The minimum Gasteiger partial charge on any atom is -0.381 e. The third-order valence-corrected chi connectivity index (χ3v) is 6.08. The first-order valence-corrected chi connectivity index (χ1v) is 10.2. The first-order valence-electron chi connectivity index (χ1n) is 10.2. The second kappa shape index (κ2) is 8.83. The van der Waals surface area contributed by atoms with Crippen molar-refractivity contribution < 1.29 is 9.53 Å². The van der Waals surface area contributed by atoms with Crippen molar-refractivity contribution in [2.45, 2.75) is 24.9 Å². The van der Waals surface area contributed by atoms with Crippen LogP contribution >= 0.6 is 0 Å². The van der Waals surface area contributed by atoms with Crippen LogP contribution in [0.3, 0.4) is 0 Å². The lowest BCUT2D eigenvalue weighted by Crippen LogP contribution is -2.62. The summed E-state index contributed by atoms with van der Waals surface area (Å²) in [6, 6.07) is 15.5. The summed E-state index contributed by atoms with van der Waals surface area (Å²) >= 11 is 0. The number of hydrogen-bond acceptors (Lipinski definition) is 6. The van der Waals surface area contributed by atoms with Gasteiger partial charge in [-0.3, -0.25) is 19.6 Å². The van der Waals surface area contributed by atoms with Gasteiger partial charge in [0.15, 0.2) is 0 Å². The highest BCUT2D eigenvalue weighted by Crippen LogP contribution is 2.32. The first kappa shape index (κ1) is 19.7. The van der Waals surface area contributed by atoms with Gasteiger partial charge in [0, 0.05) is 52.1 Å². The number of benzene rings is 1. The fraction of sp³-hybridized carbons (Fsp3) is 0.435. The van der Waals surface area contributed by atoms with Gasteiger partial charge in [0.05, 0.1) is 17.2 Å². The number of nitriles is 1. The molecule has 0 unspecified atom stereocenters. The summed E-state index contributed by atoms with van der Waals surface area (Å²) in [5, 5.41) is 9.10. The Labute approximate surface area is 171 Å². The van der Waals surface area contributed by atoms with Gasteiger partial charge < -0.3 is 4.74 Å². The predicted molar refractivity (Wildman–Crippen MR) is 109 cm³/mol. The van der Waals surface area contributed by atoms with Crippen LogP contribution in [-0.4, -0.2) is 65.5 Å². The Bertz CT molecular complexity index is 879. The molecule has 0 aliphatic carbocycles. The zero-order valence-electron chi connectivity index (χ0n) is 16.6. The number of ether oxygens (including phenoxy) is 1. The van der Waals surface area contributed by atoms with Crippen molar-refractivity contribution in [2.75, 3.05) is 39.4 Å². The van der Waals surface area contributed by atoms with E-state index in [9.17, 15) is 4.79 Å². The Morgan fingerprint density at radius 1 is 1.10 bits per heavy atom. The van der Waals surface area contributed by atoms with E-state index in [-0.39, 0.29) is 5.78 Å². The molecule has 4 rings (SSSR count). The average Bonchev–Trinajstić information content (AvgIpc) is 2.80. The fourth-order valence-corrected chi connectivity index (χ4v) is 4.46. The Balaban J connectivity index is 1.46. The molecule has 0 N–H and O–H groups in total. The maximum absolute atomic E-state index is 13.5. The second-order valence-electron chi connectivity index (χ2n) is 7.76. The van der Waals surface area contributed by atoms with Gasteiger partial charge in [-0.05, 0) is 42.7 Å². The molecule has 0 spiro atoms. The molecule has 3 heterocycles. The molecule has 0 amide bonds. The lowest BCUT2D eigenvalue weighted by molar-refractivity contribution is -0.0340. The molecule has 0 atom stereocenters. The van der Waals surface area contributed by atoms with Crippen molar-refractivity contribution in [1.29, 1.82) is 5.26 Å². The van der Waals surface area contributed by atoms with Crippen LogP contribution < -0.4 is 0 Å². The van der Waals surface area contributed by atoms with E-state index in [0.717, 1.165) is 38.3 Å². The number of piperazine rings is 1. The third kappa shape index (κ3) is 4.23. The van der Waals surface area contributed by atoms with Crippen LogP contribution in [-0.2, 0) is 11.3 Å². The van der Waals surface area contributed by atoms with Gasteiger partial charge in [-0.15, -0.1) is 0 Å². The molecule has 2 fully saturated rings. The molecule has 2 aromatic rings. The van der Waals surface area contributed by atoms with Gasteiger partial charge >= 0.3 is 0 Å². The van der Waals surface area contributed by atoms with Gasteiger partial charge in [-0.1, -0.05) is 18.2 Å². The number of carbonyl (C=O) groups is 1. The number of ketones is 1. The second-order valence-corrected chi connectivity index (χ2v) is 7.76. The largest absolute Gasteiger partial charge is 0.381 e. The smallest absolute Gasteiger partial charge is 0.201 e. The molecule has 2 saturated heterocycles. The topological polar surface area (TPSA) is 69.5 Å². The molecule has 0 bridgehead atoms. The minimum absolute atomic E-state index is 0.122. The number of Topliss-reactive ketones (excluding diaryl/α,β-unsaturated/α-hetero) is 1. The standard InChI is InChI=1S/C23H26N4O2/c24-17-19-4-3-5-20(16-19)18-26-10-12-27(13-11-26)23(7-14-29-15-8-23)22(28)21-6-1-2-9-25-21/h1-6,9,16H,7-8,10-15,18H2. The molecule has 150 valence electrons. The first-order chi connectivity index (χ1) is 14.2. The van der Waals surface area contributed by atoms with E-state index >= 15 is 0 Å². The van der Waals surface area contributed by atoms with Crippen molar-refractivity contribution in [3.63, 3.8) is 0 Å². The number of rotatable bonds is 5. The number of pyridine rings is 1. The van der Waals surface area contributed by atoms with Crippen LogP contribution in [0, 0.1) is 11.3 Å². The summed E-state index contributed by atoms with van der Waals surface area (Å²) in [4.78, 5) is 22.5. The zero-order valence-corrected chi connectivity index (χ0v) is 16.6. The van der Waals surface area contributed by atoms with E-state index < -0.39 is 5.54 Å². The number of aromatic nitrogens is 1. The van der Waals surface area contributed by atoms with Crippen LogP contribution in [0.1, 0.15) is 34.5 Å². The minimum atomic E-state index is -0.514. The van der Waals surface area contributed by atoms with E-state index in [4.69, 9.17) is 10.00 Å². The Hall–Kier alpha value is -2.59. The van der Waals surface area contributed by atoms with Crippen molar-refractivity contribution >= 4 is 5.78 Å². The van der Waals surface area contributed by atoms with Crippen LogP contribution in [0.15, 0.2) is 48.7 Å². The monoisotopic (exact) mass is 390 g/mol. The molecule has 6 heteroatoms. The molecule has 2 aliphatic rings. The van der Waals surface area contributed by atoms with Crippen LogP contribution in [0.5, 0.6) is 0 Å². The number of nitrogens with zero attached hydrogens (tertiary/aromatic N) is 4. The highest BCUT2D eigenvalue weighted by Gasteiger charge is 2.46. The third-order valence-electron chi connectivity index (χ3n) is 6.08. The van der Waals surface area contributed by atoms with E-state index in [1.807, 2.05) is 36.4 Å². The summed E-state index contributed by atoms with van der Waals surface area (Å²) < 4.78 is 5.59. The highest BCUT2D eigenvalue weighted by atomic mass is 16.5. The van der Waals surface area contributed by atoms with Crippen LogP contribution in [0.25, 0.3) is 0 Å². The maximum Gasteiger partial charge on any atom is 0.201 e. The van der Waals surface area contributed by atoms with E-state index in [0.29, 0.717) is 37.3 Å². The summed E-state index contributed by atoms with van der Waals surface area (Å²) in [6.45, 7) is 5.53. The Kier molecular flexibility index (Phi) is 6.00. The summed E-state index contributed by atoms with van der Waals surface area (Å²) in [6.07, 6.45) is 3.12. The molecule has 6 nitrogen and oxygen atoms in total. The van der Waals surface area contributed by atoms with Crippen LogP contribution in [0.2, 0.25) is 0 Å². The molecular weight excluding hydrogens is 364 g/mol. The summed E-state index contributed by atoms with van der Waals surface area (Å²) in [7, 11) is 0. The van der Waals surface area contributed by atoms with Crippen LogP contribution in [0.4, 0.5) is 0 Å². The quantitative estimate of drug-likeness (QED) is 0.731. The predicted octanol–water partition coefficient (Wildman–Crippen LogP) is 2.50. The Morgan fingerprint density at radius 3 is 2.59 bits per heavy atom. The molecular formula is C23H26N4O2. The SMILES string of the molecule is N#Cc1cccc(CN2CCN(C3(C(=O)c4ccccn4)CCOCC3)CC2)c1. The average molecular weight is 390 g/mol. The van der Waals surface area contributed by atoms with Crippen molar-refractivity contribution in [2.24, 2.45) is 0 Å². The molecule has 2 aliphatic heterocycles. The van der Waals surface area contributed by atoms with E-state index in [1.165, 1.54) is 0 Å². The van der Waals surface area contributed by atoms with E-state index in [2.05, 4.69) is 26.9 Å². The van der Waals surface area contributed by atoms with Gasteiger partial charge in [0.25, 0.3) is 0 Å². The van der Waals surface area contributed by atoms with Gasteiger partial charge in [-0.25, -0.2) is 0 Å². The van der Waals surface area contributed by atoms with Gasteiger partial charge in [0.1, 0.15) is 5.69 Å². The van der Waals surface area contributed by atoms with Gasteiger partial charge in [-0.2, -0.15) is 5.26 Å².